The zero-order chi connectivity index (χ0) is 27.4. The number of benzene rings is 1. The van der Waals surface area contributed by atoms with Gasteiger partial charge in [-0.3, -0.25) is 4.90 Å². The molecule has 1 aliphatic carbocycles. The van der Waals surface area contributed by atoms with Gasteiger partial charge in [-0.15, -0.1) is 10.2 Å². The Morgan fingerprint density at radius 3 is 2.58 bits per heavy atom. The normalized spacial score (nSPS) is 29.1. The van der Waals surface area contributed by atoms with Gasteiger partial charge in [-0.05, 0) is 61.4 Å². The fourth-order valence-corrected chi connectivity index (χ4v) is 7.50. The Kier molecular flexibility index (Phi) is 6.25. The van der Waals surface area contributed by atoms with Gasteiger partial charge in [0.05, 0.1) is 24.0 Å². The minimum Gasteiger partial charge on any atom is -0.507 e. The minimum atomic E-state index is -0.149. The average molecular weight is 538 g/mol. The number of fused-ring (bicyclic) bond motifs is 4. The summed E-state index contributed by atoms with van der Waals surface area (Å²) in [7, 11) is 0. The van der Waals surface area contributed by atoms with E-state index in [1.54, 1.807) is 12.1 Å². The number of nitrogen functional groups attached to an aromatic ring is 1. The number of nitrogens with two attached hydrogens (primary N) is 1. The van der Waals surface area contributed by atoms with E-state index in [0.29, 0.717) is 47.0 Å². The molecule has 3 aliphatic heterocycles. The first kappa shape index (κ1) is 25.1. The fraction of sp³-hybridized carbons (Fsp3) is 0.452. The van der Waals surface area contributed by atoms with Crippen molar-refractivity contribution in [3.8, 4) is 28.8 Å². The number of hydrogen-bond acceptors (Lipinski definition) is 9. The highest BCUT2D eigenvalue weighted by Crippen LogP contribution is 2.42. The molecule has 206 valence electrons. The van der Waals surface area contributed by atoms with Crippen molar-refractivity contribution in [2.75, 3.05) is 41.7 Å². The molecule has 2 aromatic heterocycles. The maximum atomic E-state index is 10.3. The van der Waals surface area contributed by atoms with Crippen molar-refractivity contribution in [2.24, 2.45) is 11.8 Å². The predicted molar refractivity (Wildman–Crippen MR) is 155 cm³/mol. The van der Waals surface area contributed by atoms with Gasteiger partial charge in [0.2, 0.25) is 0 Å². The van der Waals surface area contributed by atoms with Crippen LogP contribution in [0.5, 0.6) is 5.75 Å². The number of aliphatic hydroxyl groups is 1. The van der Waals surface area contributed by atoms with Crippen LogP contribution in [-0.2, 0) is 0 Å². The maximum Gasteiger partial charge on any atom is 0.169 e. The summed E-state index contributed by atoms with van der Waals surface area (Å²) in [6, 6.07) is 14.4. The first-order chi connectivity index (χ1) is 19.5. The third kappa shape index (κ3) is 4.32. The van der Waals surface area contributed by atoms with Crippen molar-refractivity contribution in [3.05, 3.63) is 54.4 Å². The van der Waals surface area contributed by atoms with Crippen molar-refractivity contribution in [1.82, 2.24) is 20.1 Å². The van der Waals surface area contributed by atoms with Crippen LogP contribution in [0.2, 0.25) is 0 Å². The van der Waals surface area contributed by atoms with E-state index in [-0.39, 0.29) is 11.9 Å². The zero-order valence-electron chi connectivity index (χ0n) is 22.7. The highest BCUT2D eigenvalue weighted by Gasteiger charge is 2.49. The van der Waals surface area contributed by atoms with Gasteiger partial charge >= 0.3 is 0 Å². The van der Waals surface area contributed by atoms with Crippen molar-refractivity contribution in [3.63, 3.8) is 0 Å². The fourth-order valence-electron chi connectivity index (χ4n) is 7.50. The Labute approximate surface area is 234 Å². The summed E-state index contributed by atoms with van der Waals surface area (Å²) in [5.74, 6) is 8.16. The quantitative estimate of drug-likeness (QED) is 0.432. The molecular weight excluding hydrogens is 502 g/mol. The summed E-state index contributed by atoms with van der Waals surface area (Å²) < 4.78 is 0. The first-order valence-corrected chi connectivity index (χ1v) is 14.3. The van der Waals surface area contributed by atoms with Crippen LogP contribution >= 0.6 is 0 Å². The van der Waals surface area contributed by atoms with Crippen LogP contribution in [0.25, 0.3) is 11.3 Å². The molecule has 3 saturated heterocycles. The first-order valence-electron chi connectivity index (χ1n) is 14.3. The Bertz CT molecular complexity index is 1470. The Morgan fingerprint density at radius 2 is 1.85 bits per heavy atom. The molecule has 5 heterocycles. The molecule has 9 nitrogen and oxygen atoms in total. The highest BCUT2D eigenvalue weighted by atomic mass is 16.3. The van der Waals surface area contributed by atoms with E-state index in [0.717, 1.165) is 56.8 Å². The molecule has 1 saturated carbocycles. The molecule has 4 N–H and O–H groups in total. The molecule has 9 heteroatoms. The Balaban J connectivity index is 1.06. The average Bonchev–Trinajstić information content (AvgIpc) is 3.52. The Morgan fingerprint density at radius 1 is 1.05 bits per heavy atom. The number of phenolic OH excluding ortho intramolecular Hbond substituents is 1. The van der Waals surface area contributed by atoms with Gasteiger partial charge in [0.1, 0.15) is 11.4 Å². The van der Waals surface area contributed by atoms with Crippen LogP contribution < -0.4 is 15.5 Å². The molecule has 40 heavy (non-hydrogen) atoms. The second-order valence-corrected chi connectivity index (χ2v) is 11.7. The van der Waals surface area contributed by atoms with Gasteiger partial charge in [-0.2, -0.15) is 0 Å². The van der Waals surface area contributed by atoms with Crippen LogP contribution in [-0.4, -0.2) is 80.7 Å². The summed E-state index contributed by atoms with van der Waals surface area (Å²) in [5, 5.41) is 29.0. The van der Waals surface area contributed by atoms with Crippen LogP contribution in [0.15, 0.2) is 48.7 Å². The monoisotopic (exact) mass is 537 g/mol. The van der Waals surface area contributed by atoms with Crippen LogP contribution in [0, 0.1) is 23.7 Å². The lowest BCUT2D eigenvalue weighted by Crippen LogP contribution is -2.54. The number of pyridine rings is 1. The number of aliphatic hydroxyl groups excluding tert-OH is 1. The number of phenols is 1. The second-order valence-electron chi connectivity index (χ2n) is 11.7. The summed E-state index contributed by atoms with van der Waals surface area (Å²) in [6.07, 6.45) is 4.80. The van der Waals surface area contributed by atoms with Crippen molar-refractivity contribution >= 4 is 17.2 Å². The molecule has 0 spiro atoms. The number of likely N-dealkylation sites (tertiary alicyclic amines) is 1. The van der Waals surface area contributed by atoms with Gasteiger partial charge in [0.15, 0.2) is 5.82 Å². The van der Waals surface area contributed by atoms with Crippen LogP contribution in [0.1, 0.15) is 31.9 Å². The molecule has 0 radical (unpaired) electrons. The maximum absolute atomic E-state index is 10.3. The number of para-hydroxylation sites is 1. The summed E-state index contributed by atoms with van der Waals surface area (Å²) >= 11 is 0. The largest absolute Gasteiger partial charge is 0.507 e. The molecule has 3 aromatic rings. The zero-order valence-corrected chi connectivity index (χ0v) is 22.7. The van der Waals surface area contributed by atoms with E-state index in [1.165, 1.54) is 5.69 Å². The standard InChI is InChI=1S/C31H35N7O2/c1-19-25-18-36(27(19)15-30(25)40)12-4-5-20-13-21(10-11-33-20)38-22-8-9-23(38)17-37(16-22)28-14-26(34-35-31(28)32)24-6-2-3-7-29(24)39/h2-3,6-7,10-11,13-14,19,22-23,25,27,30,39-40H,8-9,12,15-18H2,1H3,(H2,32,35)/t19-,22?,23?,25+,27+,30+/m0/s1. The lowest BCUT2D eigenvalue weighted by molar-refractivity contribution is 0.0789. The lowest BCUT2D eigenvalue weighted by atomic mass is 9.99. The number of aromatic nitrogens is 3. The SMILES string of the molecule is C[C@H]1[C@H]2CN(CC#Cc3cc(N4C5CCC4CN(c4cc(-c6ccccc6O)nnc4N)C5)ccn3)[C@@H]1C[C@H]2O. The molecule has 6 atom stereocenters. The van der Waals surface area contributed by atoms with Gasteiger partial charge in [0.25, 0.3) is 0 Å². The number of aromatic hydroxyl groups is 1. The summed E-state index contributed by atoms with van der Waals surface area (Å²) in [5.41, 5.74) is 10.4. The van der Waals surface area contributed by atoms with Crippen LogP contribution in [0.4, 0.5) is 17.2 Å². The minimum absolute atomic E-state index is 0.149. The van der Waals surface area contributed by atoms with Gasteiger partial charge in [-0.25, -0.2) is 4.98 Å². The third-order valence-electron chi connectivity index (χ3n) is 9.52. The number of hydrogen-bond donors (Lipinski definition) is 3. The van der Waals surface area contributed by atoms with E-state index in [4.69, 9.17) is 5.73 Å². The van der Waals surface area contributed by atoms with E-state index in [1.807, 2.05) is 24.4 Å². The molecule has 2 unspecified atom stereocenters. The second kappa shape index (κ2) is 9.95. The van der Waals surface area contributed by atoms with Crippen molar-refractivity contribution < 1.29 is 10.2 Å². The molecule has 4 aliphatic rings. The number of piperidine rings is 1. The van der Waals surface area contributed by atoms with E-state index >= 15 is 0 Å². The predicted octanol–water partition coefficient (Wildman–Crippen LogP) is 2.74. The summed E-state index contributed by atoms with van der Waals surface area (Å²) in [4.78, 5) is 11.8. The van der Waals surface area contributed by atoms with E-state index < -0.39 is 0 Å². The van der Waals surface area contributed by atoms with Crippen molar-refractivity contribution in [2.45, 2.75) is 50.4 Å². The van der Waals surface area contributed by atoms with E-state index in [9.17, 15) is 10.2 Å². The smallest absolute Gasteiger partial charge is 0.169 e. The topological polar surface area (TPSA) is 115 Å². The summed E-state index contributed by atoms with van der Waals surface area (Å²) in [6.45, 7) is 5.58. The lowest BCUT2D eigenvalue weighted by Gasteiger charge is -2.43. The Hall–Kier alpha value is -3.87. The molecule has 4 bridgehead atoms. The third-order valence-corrected chi connectivity index (χ3v) is 9.52. The number of nitrogens with zero attached hydrogens (tertiary/aromatic N) is 6. The van der Waals surface area contributed by atoms with Crippen molar-refractivity contribution in [1.29, 1.82) is 0 Å². The highest BCUT2D eigenvalue weighted by molar-refractivity contribution is 5.74. The van der Waals surface area contributed by atoms with Gasteiger partial charge in [-0.1, -0.05) is 25.0 Å². The van der Waals surface area contributed by atoms with Crippen LogP contribution in [0.3, 0.4) is 0 Å². The number of anilines is 3. The molecular formula is C31H35N7O2. The molecule has 1 aromatic carbocycles. The number of rotatable bonds is 4. The van der Waals surface area contributed by atoms with Gasteiger partial charge < -0.3 is 25.7 Å². The van der Waals surface area contributed by atoms with Gasteiger partial charge in [0, 0.05) is 61.1 Å². The molecule has 7 rings (SSSR count). The van der Waals surface area contributed by atoms with E-state index in [2.05, 4.69) is 60.8 Å². The molecule has 4 fully saturated rings. The number of piperazine rings is 1. The molecule has 0 amide bonds.